The van der Waals surface area contributed by atoms with Crippen LogP contribution in [0.25, 0.3) is 11.1 Å². The molecule has 0 aliphatic carbocycles. The fourth-order valence-corrected chi connectivity index (χ4v) is 2.89. The predicted molar refractivity (Wildman–Crippen MR) is 87.8 cm³/mol. The topological polar surface area (TPSA) is 41.6 Å². The Morgan fingerprint density at radius 1 is 0.931 bits per heavy atom. The van der Waals surface area contributed by atoms with Gasteiger partial charge in [0.1, 0.15) is 11.4 Å². The van der Waals surface area contributed by atoms with Crippen LogP contribution < -0.4 is 15.0 Å². The average Bonchev–Trinajstić information content (AvgIpc) is 2.69. The molecule has 0 unspecified atom stereocenters. The summed E-state index contributed by atoms with van der Waals surface area (Å²) in [5.41, 5.74) is -5.90. The van der Waals surface area contributed by atoms with Crippen LogP contribution in [0.1, 0.15) is 0 Å². The Balaban J connectivity index is 2.44. The van der Waals surface area contributed by atoms with E-state index in [0.717, 1.165) is 7.05 Å². The summed E-state index contributed by atoms with van der Waals surface area (Å²) >= 11 is 0. The molecule has 0 saturated carbocycles. The van der Waals surface area contributed by atoms with Crippen LogP contribution in [0.3, 0.4) is 0 Å². The second-order valence-electron chi connectivity index (χ2n) is 5.72. The molecule has 0 saturated heterocycles. The summed E-state index contributed by atoms with van der Waals surface area (Å²) in [6.07, 6.45) is 5.06. The van der Waals surface area contributed by atoms with Gasteiger partial charge in [-0.05, 0) is 0 Å². The smallest absolute Gasteiger partial charge is 0.265 e. The van der Waals surface area contributed by atoms with Gasteiger partial charge in [-0.1, -0.05) is 5.92 Å². The van der Waals surface area contributed by atoms with Gasteiger partial charge in [0.25, 0.3) is 5.91 Å². The van der Waals surface area contributed by atoms with E-state index in [4.69, 9.17) is 6.42 Å². The first-order chi connectivity index (χ1) is 13.7. The van der Waals surface area contributed by atoms with Crippen molar-refractivity contribution < 1.29 is 40.3 Å². The number of terminal acetylenes is 1. The number of carbonyl (C=O) groups excluding carboxylic acids is 1. The molecule has 0 fully saturated rings. The zero-order valence-corrected chi connectivity index (χ0v) is 14.4. The molecule has 2 aromatic rings. The van der Waals surface area contributed by atoms with Crippen LogP contribution in [0.5, 0.6) is 5.75 Å². The molecule has 0 spiro atoms. The quantitative estimate of drug-likeness (QED) is 0.469. The second-order valence-corrected chi connectivity index (χ2v) is 5.72. The highest BCUT2D eigenvalue weighted by molar-refractivity contribution is 5.99. The van der Waals surface area contributed by atoms with Crippen molar-refractivity contribution in [2.45, 2.75) is 0 Å². The molecule has 1 amide bonds. The Morgan fingerprint density at radius 3 is 1.97 bits per heavy atom. The first-order valence-corrected chi connectivity index (χ1v) is 7.78. The summed E-state index contributed by atoms with van der Waals surface area (Å²) in [7, 11) is 0.945. The molecule has 3 rings (SSSR count). The summed E-state index contributed by atoms with van der Waals surface area (Å²) in [5.74, 6) is -14.4. The molecule has 1 N–H and O–H groups in total. The molecule has 1 aliphatic heterocycles. The average molecular weight is 418 g/mol. The standard InChI is InChI=1S/C18H9F7N2O2/c1-3-4-27-6(28)5-29-18-15(25)11(21)8(12(22)17(18)27)7-9(19)13(23)16(26-2)14(24)10(7)20/h1,26H,4-5H2,2H3. The minimum atomic E-state index is -2.18. The Labute approximate surface area is 158 Å². The Hall–Kier alpha value is -3.42. The van der Waals surface area contributed by atoms with Crippen molar-refractivity contribution in [1.82, 2.24) is 0 Å². The van der Waals surface area contributed by atoms with Crippen molar-refractivity contribution in [1.29, 1.82) is 0 Å². The monoisotopic (exact) mass is 418 g/mol. The van der Waals surface area contributed by atoms with Gasteiger partial charge in [0.2, 0.25) is 5.82 Å². The van der Waals surface area contributed by atoms with Gasteiger partial charge in [-0.15, -0.1) is 6.42 Å². The van der Waals surface area contributed by atoms with Crippen LogP contribution in [-0.2, 0) is 4.79 Å². The highest BCUT2D eigenvalue weighted by atomic mass is 19.2. The van der Waals surface area contributed by atoms with Crippen LogP contribution in [0.15, 0.2) is 0 Å². The molecular weight excluding hydrogens is 409 g/mol. The predicted octanol–water partition coefficient (Wildman–Crippen LogP) is 3.73. The number of carbonyl (C=O) groups is 1. The van der Waals surface area contributed by atoms with Gasteiger partial charge in [0.05, 0.1) is 17.7 Å². The molecule has 0 radical (unpaired) electrons. The number of nitrogens with one attached hydrogen (secondary N) is 1. The van der Waals surface area contributed by atoms with Crippen molar-refractivity contribution >= 4 is 17.3 Å². The summed E-state index contributed by atoms with van der Waals surface area (Å²) in [6.45, 7) is -1.43. The fourth-order valence-electron chi connectivity index (χ4n) is 2.89. The van der Waals surface area contributed by atoms with Crippen LogP contribution in [0.4, 0.5) is 42.1 Å². The number of nitrogens with zero attached hydrogens (tertiary/aromatic N) is 1. The summed E-state index contributed by atoms with van der Waals surface area (Å²) in [6, 6.07) is 0. The van der Waals surface area contributed by atoms with E-state index in [0.29, 0.717) is 4.90 Å². The Morgan fingerprint density at radius 2 is 1.45 bits per heavy atom. The van der Waals surface area contributed by atoms with Crippen LogP contribution in [0, 0.1) is 53.1 Å². The third kappa shape index (κ3) is 2.83. The lowest BCUT2D eigenvalue weighted by atomic mass is 9.99. The maximum atomic E-state index is 15.1. The van der Waals surface area contributed by atoms with Crippen molar-refractivity contribution in [2.24, 2.45) is 0 Å². The number of anilines is 2. The van der Waals surface area contributed by atoms with E-state index in [1.165, 1.54) is 0 Å². The summed E-state index contributed by atoms with van der Waals surface area (Å²) < 4.78 is 106. The van der Waals surface area contributed by atoms with Gasteiger partial charge in [-0.3, -0.25) is 9.69 Å². The van der Waals surface area contributed by atoms with Crippen LogP contribution in [0.2, 0.25) is 0 Å². The summed E-state index contributed by atoms with van der Waals surface area (Å²) in [4.78, 5) is 12.4. The van der Waals surface area contributed by atoms with E-state index in [9.17, 15) is 31.1 Å². The number of hydrogen-bond donors (Lipinski definition) is 1. The highest BCUT2D eigenvalue weighted by Crippen LogP contribution is 2.46. The first kappa shape index (κ1) is 20.3. The van der Waals surface area contributed by atoms with Crippen molar-refractivity contribution in [3.63, 3.8) is 0 Å². The summed E-state index contributed by atoms with van der Waals surface area (Å²) in [5, 5.41) is 1.86. The van der Waals surface area contributed by atoms with E-state index in [-0.39, 0.29) is 0 Å². The SMILES string of the molecule is C#CCN1C(=O)COc2c(F)c(F)c(-c3c(F)c(F)c(NC)c(F)c3F)c(F)c21. The zero-order chi connectivity index (χ0) is 21.6. The molecule has 2 aromatic carbocycles. The number of halogens is 7. The van der Waals surface area contributed by atoms with E-state index in [2.05, 4.69) is 4.74 Å². The molecule has 152 valence electrons. The minimum Gasteiger partial charge on any atom is -0.478 e. The maximum absolute atomic E-state index is 15.1. The van der Waals surface area contributed by atoms with E-state index in [1.807, 2.05) is 11.2 Å². The number of rotatable bonds is 3. The zero-order valence-electron chi connectivity index (χ0n) is 14.4. The van der Waals surface area contributed by atoms with Crippen LogP contribution >= 0.6 is 0 Å². The minimum absolute atomic E-state index is 0.477. The van der Waals surface area contributed by atoms with Crippen molar-refractivity contribution in [2.75, 3.05) is 30.4 Å². The molecular formula is C18H9F7N2O2. The Kier molecular flexibility index (Phi) is 5.04. The Bertz CT molecular complexity index is 1070. The first-order valence-electron chi connectivity index (χ1n) is 7.78. The lowest BCUT2D eigenvalue weighted by Crippen LogP contribution is -2.40. The number of benzene rings is 2. The number of amides is 1. The fraction of sp³-hybridized carbons (Fsp3) is 0.167. The molecule has 0 bridgehead atoms. The van der Waals surface area contributed by atoms with Gasteiger partial charge < -0.3 is 10.1 Å². The molecule has 29 heavy (non-hydrogen) atoms. The van der Waals surface area contributed by atoms with Crippen molar-refractivity contribution in [3.05, 3.63) is 40.7 Å². The largest absolute Gasteiger partial charge is 0.478 e. The van der Waals surface area contributed by atoms with Crippen LogP contribution in [-0.4, -0.2) is 26.1 Å². The molecule has 1 aliphatic rings. The highest BCUT2D eigenvalue weighted by Gasteiger charge is 2.38. The number of hydrogen-bond acceptors (Lipinski definition) is 3. The third-order valence-electron chi connectivity index (χ3n) is 4.18. The van der Waals surface area contributed by atoms with Gasteiger partial charge in [0, 0.05) is 7.05 Å². The maximum Gasteiger partial charge on any atom is 0.265 e. The molecule has 1 heterocycles. The van der Waals surface area contributed by atoms with E-state index in [1.54, 1.807) is 0 Å². The number of fused-ring (bicyclic) bond motifs is 1. The molecule has 0 atom stereocenters. The van der Waals surface area contributed by atoms with Gasteiger partial charge in [0.15, 0.2) is 47.3 Å². The lowest BCUT2D eigenvalue weighted by molar-refractivity contribution is -0.121. The van der Waals surface area contributed by atoms with E-state index >= 15 is 4.39 Å². The second kappa shape index (κ2) is 7.20. The van der Waals surface area contributed by atoms with Gasteiger partial charge in [-0.2, -0.15) is 4.39 Å². The number of ether oxygens (including phenoxy) is 1. The van der Waals surface area contributed by atoms with Gasteiger partial charge >= 0.3 is 0 Å². The molecule has 11 heteroatoms. The van der Waals surface area contributed by atoms with Gasteiger partial charge in [-0.25, -0.2) is 26.3 Å². The lowest BCUT2D eigenvalue weighted by Gasteiger charge is -2.29. The normalized spacial score (nSPS) is 13.1. The molecule has 0 aromatic heterocycles. The van der Waals surface area contributed by atoms with E-state index < -0.39 is 88.0 Å². The molecule has 4 nitrogen and oxygen atoms in total. The third-order valence-corrected chi connectivity index (χ3v) is 4.18. The van der Waals surface area contributed by atoms with Crippen molar-refractivity contribution in [3.8, 4) is 29.2 Å².